The van der Waals surface area contributed by atoms with E-state index < -0.39 is 0 Å². The Morgan fingerprint density at radius 3 is 1.77 bits per heavy atom. The second-order valence-electron chi connectivity index (χ2n) is 31.4. The smallest absolute Gasteiger partial charge is 0.230 e. The van der Waals surface area contributed by atoms with Crippen LogP contribution >= 0.6 is 11.3 Å². The van der Waals surface area contributed by atoms with E-state index in [-0.39, 0.29) is 5.92 Å². The van der Waals surface area contributed by atoms with Crippen molar-refractivity contribution >= 4 is 146 Å². The summed E-state index contributed by atoms with van der Waals surface area (Å²) in [5.74, 6) is 1.78. The summed E-state index contributed by atoms with van der Waals surface area (Å²) in [4.78, 5) is 18.1. The number of aromatic nitrogens is 6. The quantitative estimate of drug-likeness (QED) is 0.144. The lowest BCUT2D eigenvalue weighted by atomic mass is 9.77. The molecule has 0 saturated carbocycles. The van der Waals surface area contributed by atoms with E-state index in [4.69, 9.17) is 19.4 Å². The highest BCUT2D eigenvalue weighted by atomic mass is 32.1. The average molecular weight is 1480 g/mol. The summed E-state index contributed by atoms with van der Waals surface area (Å²) < 4.78 is 16.5. The zero-order valence-corrected chi connectivity index (χ0v) is 63.1. The molecule has 0 radical (unpaired) electrons. The van der Waals surface area contributed by atoms with Gasteiger partial charge in [-0.3, -0.25) is 4.57 Å². The van der Waals surface area contributed by atoms with Crippen LogP contribution in [0, 0.1) is 0 Å². The highest BCUT2D eigenvalue weighted by molar-refractivity contribution is 7.25. The first-order valence-corrected chi connectivity index (χ1v) is 40.7. The summed E-state index contributed by atoms with van der Waals surface area (Å²) in [6.07, 6.45) is 1.65. The van der Waals surface area contributed by atoms with Crippen LogP contribution < -0.4 is 0 Å². The molecular formula is C107H64N6OS. The monoisotopic (exact) mass is 1480 g/mol. The summed E-state index contributed by atoms with van der Waals surface area (Å²) in [7, 11) is 0. The number of hydrogen-bond acceptors (Lipinski definition) is 5. The Morgan fingerprint density at radius 2 is 0.983 bits per heavy atom. The van der Waals surface area contributed by atoms with Gasteiger partial charge in [-0.25, -0.2) is 15.0 Å². The van der Waals surface area contributed by atoms with Gasteiger partial charge in [0.25, 0.3) is 0 Å². The van der Waals surface area contributed by atoms with Crippen molar-refractivity contribution < 1.29 is 4.42 Å². The first kappa shape index (κ1) is 63.1. The van der Waals surface area contributed by atoms with Gasteiger partial charge in [0.2, 0.25) is 5.71 Å². The van der Waals surface area contributed by atoms with E-state index in [9.17, 15) is 0 Å². The van der Waals surface area contributed by atoms with E-state index >= 15 is 0 Å². The van der Waals surface area contributed by atoms with E-state index in [0.717, 1.165) is 149 Å². The first-order chi connectivity index (χ1) is 57.0. The molecule has 0 aliphatic heterocycles. The van der Waals surface area contributed by atoms with Crippen molar-refractivity contribution in [1.82, 2.24) is 28.5 Å². The number of nitrogens with zero attached hydrogens (tertiary/aromatic N) is 6. The zero-order chi connectivity index (χ0) is 75.0. The van der Waals surface area contributed by atoms with Crippen LogP contribution in [0.5, 0.6) is 0 Å². The van der Waals surface area contributed by atoms with Crippen molar-refractivity contribution in [2.24, 2.45) is 0 Å². The molecule has 7 nitrogen and oxygen atoms in total. The number of pyridine rings is 1. The summed E-state index contributed by atoms with van der Waals surface area (Å²) in [6, 6.07) is 126. The number of furan rings is 1. The van der Waals surface area contributed by atoms with Crippen LogP contribution in [0.3, 0.4) is 0 Å². The lowest BCUT2D eigenvalue weighted by Gasteiger charge is -2.26. The second kappa shape index (κ2) is 23.7. The Labute approximate surface area is 663 Å². The molecule has 0 bridgehead atoms. The normalized spacial score (nSPS) is 13.3. The fourth-order valence-electron chi connectivity index (χ4n) is 20.5. The van der Waals surface area contributed by atoms with Crippen molar-refractivity contribution in [1.29, 1.82) is 0 Å². The molecule has 0 N–H and O–H groups in total. The molecule has 534 valence electrons. The molecule has 0 spiro atoms. The molecule has 16 aromatic carbocycles. The molecule has 24 aromatic rings. The standard InChI is InChI=1S/C107H64N6OS/c1-2-72-100(65-44-41-64(42-45-65)60-23-6-3-7-24-60)108-106-98(101(72)112-87-51-48-67(61-25-8-4-9-26-61)54-84(87)94-90(112)58-82-73-32-15-14-31-69(73)56-81-75-33-16-17-34-77(75)96(94)93(81)82)80-38-22-37-74(103(80)114-106)70-47-50-76-83-59-91-95(97-78-35-18-20-39-86(78)111(102(83)97)89(76)57-70)85-55-68(62-27-10-5-11-28-62)49-52-88(85)113(91)105-99-79-36-19-21-40-92(79)115-107(99)110-104(109-105)71-46-43-63-29-12-13-30-66(63)53-71/h3-55,57-59,81H,2,56H2,1H3. The fourth-order valence-corrected chi connectivity index (χ4v) is 21.6. The van der Waals surface area contributed by atoms with Gasteiger partial charge >= 0.3 is 0 Å². The molecular weight excluding hydrogens is 1420 g/mol. The van der Waals surface area contributed by atoms with Gasteiger partial charge in [-0.05, 0) is 162 Å². The molecule has 8 aromatic heterocycles. The van der Waals surface area contributed by atoms with E-state index in [1.807, 2.05) is 0 Å². The molecule has 0 saturated heterocycles. The van der Waals surface area contributed by atoms with Crippen LogP contribution in [0.25, 0.3) is 236 Å². The topological polar surface area (TPSA) is 66.1 Å². The van der Waals surface area contributed by atoms with Crippen LogP contribution in [0.4, 0.5) is 0 Å². The van der Waals surface area contributed by atoms with E-state index in [0.29, 0.717) is 18.0 Å². The van der Waals surface area contributed by atoms with Gasteiger partial charge in [-0.1, -0.05) is 286 Å². The van der Waals surface area contributed by atoms with Gasteiger partial charge in [0.15, 0.2) is 11.6 Å². The van der Waals surface area contributed by atoms with Crippen LogP contribution in [0.2, 0.25) is 0 Å². The van der Waals surface area contributed by atoms with Crippen molar-refractivity contribution in [3.8, 4) is 101 Å². The maximum atomic E-state index is 7.70. The molecule has 2 aliphatic rings. The zero-order valence-electron chi connectivity index (χ0n) is 62.3. The van der Waals surface area contributed by atoms with E-state index in [2.05, 4.69) is 360 Å². The van der Waals surface area contributed by atoms with Gasteiger partial charge in [0, 0.05) is 86.7 Å². The van der Waals surface area contributed by atoms with Crippen LogP contribution in [0.1, 0.15) is 35.1 Å². The predicted octanol–water partition coefficient (Wildman–Crippen LogP) is 28.5. The summed E-state index contributed by atoms with van der Waals surface area (Å²) in [5, 5.41) is 16.1. The Hall–Kier alpha value is -14.6. The number of rotatable bonds is 9. The number of para-hydroxylation sites is 2. The molecule has 8 heteroatoms. The second-order valence-corrected chi connectivity index (χ2v) is 32.4. The van der Waals surface area contributed by atoms with Crippen LogP contribution in [-0.4, -0.2) is 28.5 Å². The Balaban J connectivity index is 0.744. The maximum Gasteiger partial charge on any atom is 0.230 e. The highest BCUT2D eigenvalue weighted by Gasteiger charge is 2.39. The molecule has 0 amide bonds. The van der Waals surface area contributed by atoms with Crippen LogP contribution in [0.15, 0.2) is 344 Å². The number of hydrogen-bond donors (Lipinski definition) is 0. The van der Waals surface area contributed by atoms with Gasteiger partial charge in [-0.15, -0.1) is 11.3 Å². The number of thiophene rings is 1. The Morgan fingerprint density at radius 1 is 0.365 bits per heavy atom. The first-order valence-electron chi connectivity index (χ1n) is 39.9. The average Bonchev–Trinajstić information content (AvgIpc) is 1.52. The van der Waals surface area contributed by atoms with Crippen molar-refractivity contribution in [3.63, 3.8) is 0 Å². The van der Waals surface area contributed by atoms with Gasteiger partial charge in [0.1, 0.15) is 10.4 Å². The van der Waals surface area contributed by atoms with E-state index in [1.165, 1.54) is 104 Å². The van der Waals surface area contributed by atoms with Crippen molar-refractivity contribution in [2.75, 3.05) is 0 Å². The molecule has 26 rings (SSSR count). The Bertz CT molecular complexity index is 8350. The lowest BCUT2D eigenvalue weighted by Crippen LogP contribution is -2.10. The van der Waals surface area contributed by atoms with E-state index in [1.54, 1.807) is 11.3 Å². The number of benzene rings is 16. The summed E-state index contributed by atoms with van der Waals surface area (Å²) in [6.45, 7) is 2.31. The lowest BCUT2D eigenvalue weighted by molar-refractivity contribution is 0.655. The maximum absolute atomic E-state index is 7.70. The minimum absolute atomic E-state index is 0.232. The summed E-state index contributed by atoms with van der Waals surface area (Å²) in [5.41, 5.74) is 33.0. The molecule has 2 aliphatic carbocycles. The largest absolute Gasteiger partial charge is 0.437 e. The fraction of sp³-hybridized carbons (Fsp3) is 0.0374. The van der Waals surface area contributed by atoms with Gasteiger partial charge in [-0.2, -0.15) is 0 Å². The third-order valence-electron chi connectivity index (χ3n) is 25.5. The molecule has 8 heterocycles. The van der Waals surface area contributed by atoms with Gasteiger partial charge < -0.3 is 13.4 Å². The molecule has 1 atom stereocenters. The molecule has 1 unspecified atom stereocenters. The van der Waals surface area contributed by atoms with Gasteiger partial charge in [0.05, 0.1) is 60.8 Å². The minimum atomic E-state index is 0.232. The molecule has 0 fully saturated rings. The third kappa shape index (κ3) is 8.86. The van der Waals surface area contributed by atoms with Crippen LogP contribution in [-0.2, 0) is 12.8 Å². The minimum Gasteiger partial charge on any atom is -0.437 e. The SMILES string of the molecule is CCc1c(-c2ccc(-c3ccccc3)cc2)nc2oc3c(-c4ccc5c6cc7c(c8cc(-c9ccccc9)ccc8n7-c7nc(-c8ccc9ccccc9c8)nc8sc9ccccc9c78)c7c8ccccc8n(c5c4)c67)cccc3c2c1-n1c2ccc(-c3ccccc3)cc2c2c3c4c(cc21)-c1ccccc1CC4c1ccccc1-3. The summed E-state index contributed by atoms with van der Waals surface area (Å²) >= 11 is 1.73. The predicted molar refractivity (Wildman–Crippen MR) is 479 cm³/mol. The van der Waals surface area contributed by atoms with Crippen molar-refractivity contribution in [2.45, 2.75) is 25.7 Å². The highest BCUT2D eigenvalue weighted by Crippen LogP contribution is 2.59. The Kier molecular flexibility index (Phi) is 13.0. The third-order valence-corrected chi connectivity index (χ3v) is 26.6. The number of fused-ring (bicyclic) bond motifs is 26. The molecule has 115 heavy (non-hydrogen) atoms. The van der Waals surface area contributed by atoms with Crippen molar-refractivity contribution in [3.05, 3.63) is 362 Å².